The highest BCUT2D eigenvalue weighted by molar-refractivity contribution is 5.24. The lowest BCUT2D eigenvalue weighted by Crippen LogP contribution is -2.12. The topological polar surface area (TPSA) is 51.0 Å². The van der Waals surface area contributed by atoms with Crippen LogP contribution in [0.5, 0.6) is 0 Å². The molecule has 1 N–H and O–H groups in total. The monoisotopic (exact) mass is 243 g/mol. The van der Waals surface area contributed by atoms with E-state index in [2.05, 4.69) is 47.2 Å². The highest BCUT2D eigenvalue weighted by atomic mass is 16.5. The van der Waals surface area contributed by atoms with Crippen molar-refractivity contribution in [3.63, 3.8) is 0 Å². The Balaban J connectivity index is 1.96. The van der Waals surface area contributed by atoms with E-state index in [9.17, 15) is 0 Å². The summed E-state index contributed by atoms with van der Waals surface area (Å²) in [6, 6.07) is 8.31. The number of rotatable bonds is 6. The van der Waals surface area contributed by atoms with Crippen molar-refractivity contribution in [2.45, 2.75) is 19.9 Å². The van der Waals surface area contributed by atoms with Crippen LogP contribution >= 0.6 is 0 Å². The minimum atomic E-state index is 0.576. The molecule has 0 amide bonds. The average Bonchev–Trinajstić information content (AvgIpc) is 2.77. The van der Waals surface area contributed by atoms with E-state index < -0.39 is 0 Å². The average molecular weight is 243 g/mol. The summed E-state index contributed by atoms with van der Waals surface area (Å²) in [5, 5.41) is 7.09. The second-order valence-electron chi connectivity index (χ2n) is 4.19. The molecular formula is C14H17N3O. The van der Waals surface area contributed by atoms with E-state index in [0.29, 0.717) is 18.9 Å². The molecule has 0 saturated carbocycles. The Morgan fingerprint density at radius 1 is 1.44 bits per heavy atom. The summed E-state index contributed by atoms with van der Waals surface area (Å²) in [5.41, 5.74) is 2.44. The Morgan fingerprint density at radius 3 is 3.11 bits per heavy atom. The largest absolute Gasteiger partial charge is 0.338 e. The lowest BCUT2D eigenvalue weighted by atomic mass is 10.1. The minimum Gasteiger partial charge on any atom is -0.338 e. The zero-order valence-corrected chi connectivity index (χ0v) is 10.5. The van der Waals surface area contributed by atoms with Gasteiger partial charge in [-0.3, -0.25) is 0 Å². The number of nitrogens with one attached hydrogen (secondary N) is 1. The van der Waals surface area contributed by atoms with Crippen molar-refractivity contribution in [3.05, 3.63) is 59.8 Å². The maximum absolute atomic E-state index is 5.16. The standard InChI is InChI=1S/C14H17N3O/c1-3-7-15-10-14-16-13(17-18-14)9-12-6-4-5-11(2)8-12/h3-6,8,15H,1,7,9-10H2,2H3. The smallest absolute Gasteiger partial charge is 0.240 e. The van der Waals surface area contributed by atoms with Crippen LogP contribution in [0, 0.1) is 6.92 Å². The van der Waals surface area contributed by atoms with Gasteiger partial charge in [0.2, 0.25) is 5.89 Å². The Bertz CT molecular complexity index is 519. The van der Waals surface area contributed by atoms with Gasteiger partial charge in [-0.15, -0.1) is 6.58 Å². The first-order valence-corrected chi connectivity index (χ1v) is 5.96. The molecule has 18 heavy (non-hydrogen) atoms. The molecule has 2 aromatic rings. The molecule has 2 rings (SSSR count). The fourth-order valence-electron chi connectivity index (χ4n) is 1.72. The molecule has 94 valence electrons. The molecule has 0 unspecified atom stereocenters. The van der Waals surface area contributed by atoms with Crippen LogP contribution in [-0.2, 0) is 13.0 Å². The van der Waals surface area contributed by atoms with Gasteiger partial charge in [-0.1, -0.05) is 41.1 Å². The van der Waals surface area contributed by atoms with E-state index in [1.807, 2.05) is 6.07 Å². The third kappa shape index (κ3) is 3.53. The Hall–Kier alpha value is -1.94. The molecule has 0 aliphatic rings. The fourth-order valence-corrected chi connectivity index (χ4v) is 1.72. The van der Waals surface area contributed by atoms with Crippen LogP contribution in [0.15, 0.2) is 41.4 Å². The van der Waals surface area contributed by atoms with E-state index >= 15 is 0 Å². The summed E-state index contributed by atoms with van der Waals surface area (Å²) in [6.07, 6.45) is 2.50. The van der Waals surface area contributed by atoms with Crippen LogP contribution in [0.25, 0.3) is 0 Å². The summed E-state index contributed by atoms with van der Waals surface area (Å²) in [5.74, 6) is 1.33. The van der Waals surface area contributed by atoms with Gasteiger partial charge in [-0.2, -0.15) is 4.98 Å². The van der Waals surface area contributed by atoms with Gasteiger partial charge in [0.1, 0.15) is 0 Å². The van der Waals surface area contributed by atoms with E-state index in [0.717, 1.165) is 12.4 Å². The molecular weight excluding hydrogens is 226 g/mol. The first kappa shape index (κ1) is 12.5. The van der Waals surface area contributed by atoms with Crippen LogP contribution in [-0.4, -0.2) is 16.7 Å². The third-order valence-electron chi connectivity index (χ3n) is 2.52. The predicted molar refractivity (Wildman–Crippen MR) is 70.2 cm³/mol. The van der Waals surface area contributed by atoms with Crippen LogP contribution in [0.3, 0.4) is 0 Å². The van der Waals surface area contributed by atoms with E-state index in [1.165, 1.54) is 11.1 Å². The lowest BCUT2D eigenvalue weighted by Gasteiger charge is -1.98. The molecule has 0 aliphatic carbocycles. The molecule has 0 saturated heterocycles. The second-order valence-corrected chi connectivity index (χ2v) is 4.19. The van der Waals surface area contributed by atoms with Gasteiger partial charge < -0.3 is 9.84 Å². The molecule has 0 fully saturated rings. The maximum atomic E-state index is 5.16. The quantitative estimate of drug-likeness (QED) is 0.624. The van der Waals surface area contributed by atoms with Crippen molar-refractivity contribution in [1.29, 1.82) is 0 Å². The van der Waals surface area contributed by atoms with Gasteiger partial charge in [0.25, 0.3) is 0 Å². The molecule has 0 bridgehead atoms. The van der Waals surface area contributed by atoms with Crippen molar-refractivity contribution >= 4 is 0 Å². The zero-order chi connectivity index (χ0) is 12.8. The van der Waals surface area contributed by atoms with Crippen molar-refractivity contribution in [2.24, 2.45) is 0 Å². The molecule has 0 atom stereocenters. The molecule has 1 aromatic heterocycles. The minimum absolute atomic E-state index is 0.576. The van der Waals surface area contributed by atoms with E-state index in [4.69, 9.17) is 4.52 Å². The summed E-state index contributed by atoms with van der Waals surface area (Å²) in [4.78, 5) is 4.33. The molecule has 0 radical (unpaired) electrons. The summed E-state index contributed by atoms with van der Waals surface area (Å²) in [6.45, 7) is 7.01. The summed E-state index contributed by atoms with van der Waals surface area (Å²) >= 11 is 0. The van der Waals surface area contributed by atoms with Gasteiger partial charge in [0.15, 0.2) is 5.82 Å². The molecule has 1 aromatic carbocycles. The normalized spacial score (nSPS) is 10.5. The number of nitrogens with zero attached hydrogens (tertiary/aromatic N) is 2. The Labute approximate surface area is 107 Å². The number of aromatic nitrogens is 2. The van der Waals surface area contributed by atoms with Crippen LogP contribution < -0.4 is 5.32 Å². The van der Waals surface area contributed by atoms with Gasteiger partial charge in [0, 0.05) is 13.0 Å². The van der Waals surface area contributed by atoms with Gasteiger partial charge in [0.05, 0.1) is 6.54 Å². The fraction of sp³-hybridized carbons (Fsp3) is 0.286. The van der Waals surface area contributed by atoms with Crippen LogP contribution in [0.4, 0.5) is 0 Å². The third-order valence-corrected chi connectivity index (χ3v) is 2.52. The zero-order valence-electron chi connectivity index (χ0n) is 10.5. The van der Waals surface area contributed by atoms with Crippen molar-refractivity contribution in [3.8, 4) is 0 Å². The molecule has 0 aliphatic heterocycles. The van der Waals surface area contributed by atoms with Gasteiger partial charge >= 0.3 is 0 Å². The molecule has 4 nitrogen and oxygen atoms in total. The van der Waals surface area contributed by atoms with E-state index in [-0.39, 0.29) is 0 Å². The SMILES string of the molecule is C=CCNCc1nc(Cc2cccc(C)c2)no1. The molecule has 1 heterocycles. The Morgan fingerprint density at radius 2 is 2.33 bits per heavy atom. The highest BCUT2D eigenvalue weighted by Crippen LogP contribution is 2.09. The van der Waals surface area contributed by atoms with E-state index in [1.54, 1.807) is 6.08 Å². The Kier molecular flexibility index (Phi) is 4.25. The highest BCUT2D eigenvalue weighted by Gasteiger charge is 2.06. The molecule has 0 spiro atoms. The number of aryl methyl sites for hydroxylation is 1. The van der Waals surface area contributed by atoms with Crippen LogP contribution in [0.1, 0.15) is 22.8 Å². The first-order chi connectivity index (χ1) is 8.78. The van der Waals surface area contributed by atoms with Crippen molar-refractivity contribution in [2.75, 3.05) is 6.54 Å². The second kappa shape index (κ2) is 6.12. The predicted octanol–water partition coefficient (Wildman–Crippen LogP) is 2.24. The summed E-state index contributed by atoms with van der Waals surface area (Å²) in [7, 11) is 0. The van der Waals surface area contributed by atoms with Crippen molar-refractivity contribution < 1.29 is 4.52 Å². The first-order valence-electron chi connectivity index (χ1n) is 5.96. The van der Waals surface area contributed by atoms with Gasteiger partial charge in [-0.05, 0) is 12.5 Å². The number of hydrogen-bond donors (Lipinski definition) is 1. The van der Waals surface area contributed by atoms with Crippen LogP contribution in [0.2, 0.25) is 0 Å². The van der Waals surface area contributed by atoms with Gasteiger partial charge in [-0.25, -0.2) is 0 Å². The number of hydrogen-bond acceptors (Lipinski definition) is 4. The molecule has 4 heteroatoms. The summed E-state index contributed by atoms with van der Waals surface area (Å²) < 4.78 is 5.16. The maximum Gasteiger partial charge on any atom is 0.240 e. The van der Waals surface area contributed by atoms with Crippen molar-refractivity contribution in [1.82, 2.24) is 15.5 Å². The lowest BCUT2D eigenvalue weighted by molar-refractivity contribution is 0.366. The number of benzene rings is 1.